The number of ether oxygens (including phenoxy) is 6. The van der Waals surface area contributed by atoms with Gasteiger partial charge in [0.05, 0.1) is 13.7 Å². The normalized spacial score (nSPS) is 27.1. The van der Waals surface area contributed by atoms with Crippen LogP contribution in [-0.2, 0) is 33.2 Å². The summed E-state index contributed by atoms with van der Waals surface area (Å²) in [6.45, 7) is 4.17. The standard InChI is InChI=1S/C27H39NO9/c1-3-16-34-27(31)28-22-23(30)24-20(18-35-25(37-24)19-13-9-8-10-14-19)36-26(22)33-17-12-7-5-4-6-11-15-21(29)32-2/h3,8-10,13-14,20,22-26,30H,1,4-7,11-12,15-18H2,2H3,(H,28,31)/t20?,22?,23?,24-,25?,26-/m1/s1. The summed E-state index contributed by atoms with van der Waals surface area (Å²) >= 11 is 0. The Morgan fingerprint density at radius 1 is 1.11 bits per heavy atom. The molecule has 0 saturated carbocycles. The summed E-state index contributed by atoms with van der Waals surface area (Å²) in [5.41, 5.74) is 0.826. The van der Waals surface area contributed by atoms with Crippen LogP contribution in [0.15, 0.2) is 43.0 Å². The van der Waals surface area contributed by atoms with Gasteiger partial charge >= 0.3 is 12.1 Å². The fourth-order valence-electron chi connectivity index (χ4n) is 4.36. The molecule has 2 heterocycles. The smallest absolute Gasteiger partial charge is 0.407 e. The van der Waals surface area contributed by atoms with Crippen molar-refractivity contribution in [2.75, 3.05) is 26.9 Å². The molecule has 0 spiro atoms. The van der Waals surface area contributed by atoms with Crippen LogP contribution in [0.5, 0.6) is 0 Å². The number of carbonyl (C=O) groups is 2. The zero-order valence-electron chi connectivity index (χ0n) is 21.4. The number of unbranched alkanes of at least 4 members (excludes halogenated alkanes) is 5. The van der Waals surface area contributed by atoms with Crippen molar-refractivity contribution in [1.29, 1.82) is 0 Å². The third-order valence-electron chi connectivity index (χ3n) is 6.34. The molecule has 0 aromatic heterocycles. The number of carbonyl (C=O) groups excluding carboxylic acids is 2. The number of amides is 1. The molecule has 0 aliphatic carbocycles. The van der Waals surface area contributed by atoms with Crippen molar-refractivity contribution in [3.05, 3.63) is 48.6 Å². The van der Waals surface area contributed by atoms with Crippen molar-refractivity contribution in [3.63, 3.8) is 0 Å². The first-order valence-electron chi connectivity index (χ1n) is 12.9. The average Bonchev–Trinajstić information content (AvgIpc) is 2.93. The second kappa shape index (κ2) is 15.7. The second-order valence-corrected chi connectivity index (χ2v) is 9.09. The Morgan fingerprint density at radius 3 is 2.57 bits per heavy atom. The van der Waals surface area contributed by atoms with Gasteiger partial charge in [0.15, 0.2) is 12.6 Å². The number of hydrogen-bond donors (Lipinski definition) is 2. The maximum Gasteiger partial charge on any atom is 0.407 e. The summed E-state index contributed by atoms with van der Waals surface area (Å²) in [5, 5.41) is 13.9. The Morgan fingerprint density at radius 2 is 1.84 bits per heavy atom. The van der Waals surface area contributed by atoms with Gasteiger partial charge in [-0.25, -0.2) is 4.79 Å². The fraction of sp³-hybridized carbons (Fsp3) is 0.630. The van der Waals surface area contributed by atoms with Crippen LogP contribution < -0.4 is 5.32 Å². The summed E-state index contributed by atoms with van der Waals surface area (Å²) in [7, 11) is 1.40. The number of rotatable bonds is 14. The molecule has 206 valence electrons. The van der Waals surface area contributed by atoms with Gasteiger partial charge in [0, 0.05) is 18.6 Å². The molecular weight excluding hydrogens is 482 g/mol. The van der Waals surface area contributed by atoms with Crippen LogP contribution in [0.1, 0.15) is 56.8 Å². The van der Waals surface area contributed by atoms with E-state index >= 15 is 0 Å². The first kappa shape index (κ1) is 29.1. The lowest BCUT2D eigenvalue weighted by Crippen LogP contribution is -2.66. The van der Waals surface area contributed by atoms with Gasteiger partial charge in [0.25, 0.3) is 0 Å². The van der Waals surface area contributed by atoms with E-state index in [1.807, 2.05) is 30.3 Å². The van der Waals surface area contributed by atoms with E-state index in [0.29, 0.717) is 13.0 Å². The molecule has 3 rings (SSSR count). The van der Waals surface area contributed by atoms with Gasteiger partial charge in [-0.3, -0.25) is 4.79 Å². The number of benzene rings is 1. The van der Waals surface area contributed by atoms with Crippen LogP contribution in [0, 0.1) is 0 Å². The number of aliphatic hydroxyl groups is 1. The number of esters is 1. The molecule has 37 heavy (non-hydrogen) atoms. The van der Waals surface area contributed by atoms with E-state index in [1.54, 1.807) is 0 Å². The molecule has 2 aliphatic heterocycles. The Labute approximate surface area is 218 Å². The summed E-state index contributed by atoms with van der Waals surface area (Å²) in [5.74, 6) is -0.175. The Bertz CT molecular complexity index is 836. The summed E-state index contributed by atoms with van der Waals surface area (Å²) in [6, 6.07) is 8.53. The molecule has 1 amide bonds. The molecule has 10 nitrogen and oxygen atoms in total. The van der Waals surface area contributed by atoms with Gasteiger partial charge in [0.1, 0.15) is 31.0 Å². The summed E-state index contributed by atoms with van der Waals surface area (Å²) < 4.78 is 33.6. The number of alkyl carbamates (subject to hydrolysis) is 1. The maximum atomic E-state index is 12.3. The molecule has 2 aliphatic rings. The largest absolute Gasteiger partial charge is 0.469 e. The van der Waals surface area contributed by atoms with E-state index in [1.165, 1.54) is 13.2 Å². The molecule has 0 bridgehead atoms. The van der Waals surface area contributed by atoms with E-state index in [4.69, 9.17) is 23.7 Å². The highest BCUT2D eigenvalue weighted by molar-refractivity contribution is 5.69. The first-order valence-corrected chi connectivity index (χ1v) is 12.9. The third kappa shape index (κ3) is 9.08. The van der Waals surface area contributed by atoms with Crippen LogP contribution in [0.4, 0.5) is 4.79 Å². The molecule has 2 fully saturated rings. The van der Waals surface area contributed by atoms with E-state index in [0.717, 1.165) is 44.1 Å². The maximum absolute atomic E-state index is 12.3. The van der Waals surface area contributed by atoms with Crippen molar-refractivity contribution in [2.24, 2.45) is 0 Å². The Kier molecular flexibility index (Phi) is 12.3. The Balaban J connectivity index is 1.50. The van der Waals surface area contributed by atoms with Gasteiger partial charge < -0.3 is 38.8 Å². The number of hydrogen-bond acceptors (Lipinski definition) is 9. The molecular formula is C27H39NO9. The number of nitrogens with one attached hydrogen (secondary N) is 1. The van der Waals surface area contributed by atoms with Crippen molar-refractivity contribution in [2.45, 2.75) is 81.9 Å². The van der Waals surface area contributed by atoms with E-state index < -0.39 is 43.0 Å². The Hall–Kier alpha value is -2.50. The monoisotopic (exact) mass is 521 g/mol. The minimum Gasteiger partial charge on any atom is -0.469 e. The molecule has 1 aromatic rings. The molecule has 1 aromatic carbocycles. The van der Waals surface area contributed by atoms with Crippen molar-refractivity contribution >= 4 is 12.1 Å². The first-order chi connectivity index (χ1) is 18.0. The lowest BCUT2D eigenvalue weighted by molar-refractivity contribution is -0.344. The average molecular weight is 522 g/mol. The zero-order valence-corrected chi connectivity index (χ0v) is 21.4. The molecule has 2 saturated heterocycles. The lowest BCUT2D eigenvalue weighted by atomic mass is 9.96. The number of fused-ring (bicyclic) bond motifs is 1. The van der Waals surface area contributed by atoms with Crippen LogP contribution in [0.3, 0.4) is 0 Å². The van der Waals surface area contributed by atoms with Crippen LogP contribution in [0.25, 0.3) is 0 Å². The molecule has 4 unspecified atom stereocenters. The lowest BCUT2D eigenvalue weighted by Gasteiger charge is -2.47. The van der Waals surface area contributed by atoms with Crippen molar-refractivity contribution in [3.8, 4) is 0 Å². The molecule has 2 N–H and O–H groups in total. The molecule has 10 heteroatoms. The summed E-state index contributed by atoms with van der Waals surface area (Å²) in [6.07, 6.45) is 2.83. The highest BCUT2D eigenvalue weighted by Crippen LogP contribution is 2.34. The van der Waals surface area contributed by atoms with Crippen molar-refractivity contribution < 1.29 is 43.1 Å². The molecule has 6 atom stereocenters. The van der Waals surface area contributed by atoms with Crippen LogP contribution in [0.2, 0.25) is 0 Å². The zero-order chi connectivity index (χ0) is 26.5. The second-order valence-electron chi connectivity index (χ2n) is 9.09. The number of methoxy groups -OCH3 is 1. The highest BCUT2D eigenvalue weighted by atomic mass is 16.7. The quantitative estimate of drug-likeness (QED) is 0.215. The highest BCUT2D eigenvalue weighted by Gasteiger charge is 2.50. The van der Waals surface area contributed by atoms with Crippen LogP contribution >= 0.6 is 0 Å². The third-order valence-corrected chi connectivity index (χ3v) is 6.34. The van der Waals surface area contributed by atoms with Gasteiger partial charge in [-0.05, 0) is 12.8 Å². The minimum atomic E-state index is -1.11. The van der Waals surface area contributed by atoms with E-state index in [-0.39, 0.29) is 19.2 Å². The SMILES string of the molecule is C=CCOC(=O)NC1C(O)[C@@H]2OC(c3ccccc3)OCC2O[C@H]1OCCCCCCCCC(=O)OC. The van der Waals surface area contributed by atoms with Gasteiger partial charge in [-0.15, -0.1) is 0 Å². The summed E-state index contributed by atoms with van der Waals surface area (Å²) in [4.78, 5) is 23.4. The van der Waals surface area contributed by atoms with Gasteiger partial charge in [0.2, 0.25) is 0 Å². The molecule has 0 radical (unpaired) electrons. The minimum absolute atomic E-state index is 0.0349. The number of aliphatic hydroxyl groups excluding tert-OH is 1. The van der Waals surface area contributed by atoms with Crippen LogP contribution in [-0.4, -0.2) is 74.7 Å². The predicted octanol–water partition coefficient (Wildman–Crippen LogP) is 3.39. The fourth-order valence-corrected chi connectivity index (χ4v) is 4.36. The van der Waals surface area contributed by atoms with Gasteiger partial charge in [-0.1, -0.05) is 68.7 Å². The van der Waals surface area contributed by atoms with Crippen molar-refractivity contribution in [1.82, 2.24) is 5.32 Å². The topological polar surface area (TPSA) is 122 Å². The van der Waals surface area contributed by atoms with Gasteiger partial charge in [-0.2, -0.15) is 0 Å². The predicted molar refractivity (Wildman–Crippen MR) is 133 cm³/mol. The van der Waals surface area contributed by atoms with E-state index in [9.17, 15) is 14.7 Å². The van der Waals surface area contributed by atoms with E-state index in [2.05, 4.69) is 16.6 Å².